The molecule has 0 atom stereocenters. The van der Waals surface area contributed by atoms with Gasteiger partial charge < -0.3 is 4.74 Å². The van der Waals surface area contributed by atoms with E-state index in [1.54, 1.807) is 12.4 Å². The number of hydrogen-bond donors (Lipinski definition) is 0. The monoisotopic (exact) mass is 213 g/mol. The molecule has 0 aliphatic heterocycles. The van der Waals surface area contributed by atoms with Crippen LogP contribution in [0.4, 0.5) is 0 Å². The fourth-order valence-electron chi connectivity index (χ4n) is 1.06. The summed E-state index contributed by atoms with van der Waals surface area (Å²) in [7, 11) is 0. The Labute approximate surface area is 90.3 Å². The van der Waals surface area contributed by atoms with Crippen molar-refractivity contribution in [3.63, 3.8) is 0 Å². The van der Waals surface area contributed by atoms with E-state index in [0.29, 0.717) is 11.8 Å². The highest BCUT2D eigenvalue weighted by Gasteiger charge is 2.02. The molecule has 1 aromatic rings. The van der Waals surface area contributed by atoms with Gasteiger partial charge in [0.1, 0.15) is 5.75 Å². The molecule has 3 heteroatoms. The van der Waals surface area contributed by atoms with Crippen LogP contribution in [-0.2, 0) is 5.88 Å². The molecule has 14 heavy (non-hydrogen) atoms. The van der Waals surface area contributed by atoms with E-state index in [1.165, 1.54) is 0 Å². The average Bonchev–Trinajstić information content (AvgIpc) is 2.18. The maximum atomic E-state index is 5.75. The third kappa shape index (κ3) is 3.54. The second kappa shape index (κ2) is 5.86. The van der Waals surface area contributed by atoms with Crippen molar-refractivity contribution in [2.45, 2.75) is 26.1 Å². The maximum absolute atomic E-state index is 5.75. The highest BCUT2D eigenvalue weighted by Crippen LogP contribution is 2.18. The van der Waals surface area contributed by atoms with Crippen molar-refractivity contribution in [1.29, 1.82) is 0 Å². The molecule has 0 aliphatic carbocycles. The topological polar surface area (TPSA) is 22.1 Å². The van der Waals surface area contributed by atoms with Gasteiger partial charge in [-0.1, -0.05) is 13.8 Å². The zero-order valence-corrected chi connectivity index (χ0v) is 9.42. The molecule has 0 unspecified atom stereocenters. The van der Waals surface area contributed by atoms with Gasteiger partial charge >= 0.3 is 0 Å². The van der Waals surface area contributed by atoms with E-state index in [-0.39, 0.29) is 0 Å². The van der Waals surface area contributed by atoms with E-state index in [9.17, 15) is 0 Å². The minimum Gasteiger partial charge on any atom is -0.493 e. The highest BCUT2D eigenvalue weighted by atomic mass is 35.5. The van der Waals surface area contributed by atoms with Gasteiger partial charge in [0.2, 0.25) is 0 Å². The van der Waals surface area contributed by atoms with E-state index in [0.717, 1.165) is 24.3 Å². The molecule has 1 aromatic heterocycles. The summed E-state index contributed by atoms with van der Waals surface area (Å²) in [6, 6.07) is 1.86. The summed E-state index contributed by atoms with van der Waals surface area (Å²) in [5.74, 6) is 1.97. The van der Waals surface area contributed by atoms with Crippen LogP contribution in [0.2, 0.25) is 0 Å². The largest absolute Gasteiger partial charge is 0.493 e. The summed E-state index contributed by atoms with van der Waals surface area (Å²) in [6.45, 7) is 5.10. The third-order valence-corrected chi connectivity index (χ3v) is 2.24. The van der Waals surface area contributed by atoms with Crippen molar-refractivity contribution >= 4 is 11.6 Å². The quantitative estimate of drug-likeness (QED) is 0.701. The van der Waals surface area contributed by atoms with E-state index in [2.05, 4.69) is 18.8 Å². The molecule has 2 nitrogen and oxygen atoms in total. The molecule has 0 aliphatic rings. The van der Waals surface area contributed by atoms with Crippen molar-refractivity contribution in [2.75, 3.05) is 6.61 Å². The molecule has 0 N–H and O–H groups in total. The first-order valence-electron chi connectivity index (χ1n) is 4.85. The van der Waals surface area contributed by atoms with E-state index < -0.39 is 0 Å². The van der Waals surface area contributed by atoms with Gasteiger partial charge in [-0.25, -0.2) is 0 Å². The lowest BCUT2D eigenvalue weighted by atomic mass is 10.1. The van der Waals surface area contributed by atoms with Gasteiger partial charge in [0, 0.05) is 18.0 Å². The lowest BCUT2D eigenvalue weighted by Gasteiger charge is -2.10. The van der Waals surface area contributed by atoms with E-state index in [1.807, 2.05) is 6.07 Å². The molecule has 0 amide bonds. The number of alkyl halides is 1. The molecular formula is C11H16ClNO. The Morgan fingerprint density at radius 1 is 1.50 bits per heavy atom. The molecule has 0 aromatic carbocycles. The summed E-state index contributed by atoms with van der Waals surface area (Å²) in [5.41, 5.74) is 0.956. The molecule has 0 saturated heterocycles. The van der Waals surface area contributed by atoms with Gasteiger partial charge in [0.25, 0.3) is 0 Å². The fourth-order valence-corrected chi connectivity index (χ4v) is 1.26. The second-order valence-corrected chi connectivity index (χ2v) is 3.92. The van der Waals surface area contributed by atoms with Gasteiger partial charge in [0.15, 0.2) is 0 Å². The molecule has 1 rings (SSSR count). The number of hydrogen-bond acceptors (Lipinski definition) is 2. The lowest BCUT2D eigenvalue weighted by molar-refractivity contribution is 0.287. The van der Waals surface area contributed by atoms with Crippen molar-refractivity contribution in [3.05, 3.63) is 24.0 Å². The van der Waals surface area contributed by atoms with Crippen LogP contribution in [0.15, 0.2) is 18.5 Å². The van der Waals surface area contributed by atoms with Crippen molar-refractivity contribution in [2.24, 2.45) is 5.92 Å². The zero-order chi connectivity index (χ0) is 10.4. The van der Waals surface area contributed by atoms with Crippen LogP contribution in [0.5, 0.6) is 5.75 Å². The first-order valence-corrected chi connectivity index (χ1v) is 5.39. The normalized spacial score (nSPS) is 10.6. The smallest absolute Gasteiger partial charge is 0.126 e. The van der Waals surface area contributed by atoms with E-state index in [4.69, 9.17) is 16.3 Å². The van der Waals surface area contributed by atoms with Crippen LogP contribution in [0.25, 0.3) is 0 Å². The molecular weight excluding hydrogens is 198 g/mol. The van der Waals surface area contributed by atoms with Crippen LogP contribution in [0.1, 0.15) is 25.8 Å². The Morgan fingerprint density at radius 3 is 2.93 bits per heavy atom. The number of pyridine rings is 1. The zero-order valence-electron chi connectivity index (χ0n) is 8.66. The van der Waals surface area contributed by atoms with Gasteiger partial charge in [-0.15, -0.1) is 11.6 Å². The van der Waals surface area contributed by atoms with Gasteiger partial charge in [-0.3, -0.25) is 4.98 Å². The standard InChI is InChI=1S/C11H16ClNO/c1-9(2)4-6-14-11-3-5-13-8-10(11)7-12/h3,5,8-9H,4,6-7H2,1-2H3. The van der Waals surface area contributed by atoms with Crippen molar-refractivity contribution < 1.29 is 4.74 Å². The van der Waals surface area contributed by atoms with Crippen molar-refractivity contribution in [1.82, 2.24) is 4.98 Å². The highest BCUT2D eigenvalue weighted by molar-refractivity contribution is 6.17. The Hall–Kier alpha value is -0.760. The molecule has 0 saturated carbocycles. The Morgan fingerprint density at radius 2 is 2.29 bits per heavy atom. The van der Waals surface area contributed by atoms with Crippen LogP contribution in [0.3, 0.4) is 0 Å². The molecule has 0 spiro atoms. The number of nitrogens with zero attached hydrogens (tertiary/aromatic N) is 1. The minimum atomic E-state index is 0.449. The molecule has 1 heterocycles. The number of ether oxygens (including phenoxy) is 1. The van der Waals surface area contributed by atoms with Crippen LogP contribution in [-0.4, -0.2) is 11.6 Å². The summed E-state index contributed by atoms with van der Waals surface area (Å²) in [6.07, 6.45) is 4.53. The molecule has 0 fully saturated rings. The lowest BCUT2D eigenvalue weighted by Crippen LogP contribution is -2.03. The van der Waals surface area contributed by atoms with E-state index >= 15 is 0 Å². The maximum Gasteiger partial charge on any atom is 0.126 e. The molecule has 0 radical (unpaired) electrons. The van der Waals surface area contributed by atoms with Crippen LogP contribution < -0.4 is 4.74 Å². The molecule has 0 bridgehead atoms. The summed E-state index contributed by atoms with van der Waals surface area (Å²) >= 11 is 5.75. The predicted molar refractivity (Wildman–Crippen MR) is 58.7 cm³/mol. The van der Waals surface area contributed by atoms with Crippen LogP contribution >= 0.6 is 11.6 Å². The van der Waals surface area contributed by atoms with Crippen LogP contribution in [0, 0.1) is 5.92 Å². The number of halogens is 1. The Balaban J connectivity index is 2.49. The third-order valence-electron chi connectivity index (χ3n) is 1.96. The Kier molecular flexibility index (Phi) is 4.74. The summed E-state index contributed by atoms with van der Waals surface area (Å²) in [4.78, 5) is 3.99. The molecule has 78 valence electrons. The predicted octanol–water partition coefficient (Wildman–Crippen LogP) is 3.25. The average molecular weight is 214 g/mol. The minimum absolute atomic E-state index is 0.449. The second-order valence-electron chi connectivity index (χ2n) is 3.65. The van der Waals surface area contributed by atoms with Gasteiger partial charge in [0.05, 0.1) is 12.5 Å². The SMILES string of the molecule is CC(C)CCOc1ccncc1CCl. The first-order chi connectivity index (χ1) is 6.74. The fraction of sp³-hybridized carbons (Fsp3) is 0.545. The first kappa shape index (κ1) is 11.3. The summed E-state index contributed by atoms with van der Waals surface area (Å²) in [5, 5.41) is 0. The van der Waals surface area contributed by atoms with Gasteiger partial charge in [-0.2, -0.15) is 0 Å². The number of aromatic nitrogens is 1. The van der Waals surface area contributed by atoms with Gasteiger partial charge in [-0.05, 0) is 18.4 Å². The van der Waals surface area contributed by atoms with Crippen molar-refractivity contribution in [3.8, 4) is 5.75 Å². The Bertz CT molecular complexity index is 276. The summed E-state index contributed by atoms with van der Waals surface area (Å²) < 4.78 is 5.61. The number of rotatable bonds is 5.